The summed E-state index contributed by atoms with van der Waals surface area (Å²) < 4.78 is 1.76. The van der Waals surface area contributed by atoms with E-state index < -0.39 is 0 Å². The van der Waals surface area contributed by atoms with Crippen molar-refractivity contribution in [3.8, 4) is 11.1 Å². The molecule has 4 rings (SSSR count). The van der Waals surface area contributed by atoms with Crippen molar-refractivity contribution in [2.75, 3.05) is 13.1 Å². The molecule has 1 unspecified atom stereocenters. The minimum Gasteiger partial charge on any atom is -0.300 e. The second-order valence-electron chi connectivity index (χ2n) is 7.49. The third-order valence-electron chi connectivity index (χ3n) is 5.64. The predicted molar refractivity (Wildman–Crippen MR) is 107 cm³/mol. The Labute approximate surface area is 161 Å². The van der Waals surface area contributed by atoms with Gasteiger partial charge in [-0.3, -0.25) is 0 Å². The summed E-state index contributed by atoms with van der Waals surface area (Å²) in [6.45, 7) is 5.59. The Kier molecular flexibility index (Phi) is 5.58. The molecule has 27 heavy (non-hydrogen) atoms. The number of rotatable bonds is 7. The number of hydrogen-bond acceptors (Lipinski definition) is 4. The van der Waals surface area contributed by atoms with E-state index in [1.54, 1.807) is 11.0 Å². The zero-order valence-corrected chi connectivity index (χ0v) is 16.0. The highest BCUT2D eigenvalue weighted by Crippen LogP contribution is 2.22. The monoisotopic (exact) mass is 361 g/mol. The Bertz CT molecular complexity index is 824. The third-order valence-corrected chi connectivity index (χ3v) is 5.64. The maximum absolute atomic E-state index is 3.90. The molecule has 0 aliphatic carbocycles. The first kappa shape index (κ1) is 17.9. The lowest BCUT2D eigenvalue weighted by molar-refractivity contribution is 0.272. The maximum Gasteiger partial charge on any atom is 0.138 e. The lowest BCUT2D eigenvalue weighted by Crippen LogP contribution is -2.28. The average molecular weight is 361 g/mol. The lowest BCUT2D eigenvalue weighted by Gasteiger charge is -2.20. The summed E-state index contributed by atoms with van der Waals surface area (Å²) >= 11 is 0. The number of likely N-dealkylation sites (tertiary alicyclic amines) is 1. The molecule has 1 aliphatic rings. The maximum atomic E-state index is 3.90. The normalized spacial score (nSPS) is 17.4. The molecule has 1 aliphatic heterocycles. The highest BCUT2D eigenvalue weighted by atomic mass is 15.5. The van der Waals surface area contributed by atoms with Crippen molar-refractivity contribution in [1.29, 1.82) is 0 Å². The van der Waals surface area contributed by atoms with Crippen molar-refractivity contribution in [2.45, 2.75) is 45.2 Å². The molecule has 0 spiro atoms. The van der Waals surface area contributed by atoms with Gasteiger partial charge < -0.3 is 4.90 Å². The number of aryl methyl sites for hydroxylation is 2. The van der Waals surface area contributed by atoms with Crippen LogP contribution in [-0.2, 0) is 19.4 Å². The summed E-state index contributed by atoms with van der Waals surface area (Å²) in [6, 6.07) is 18.6. The Morgan fingerprint density at radius 3 is 2.04 bits per heavy atom. The van der Waals surface area contributed by atoms with Gasteiger partial charge in [0.15, 0.2) is 0 Å². The van der Waals surface area contributed by atoms with E-state index in [2.05, 4.69) is 75.9 Å². The summed E-state index contributed by atoms with van der Waals surface area (Å²) in [5.41, 5.74) is 5.27. The second-order valence-corrected chi connectivity index (χ2v) is 7.49. The van der Waals surface area contributed by atoms with E-state index in [0.717, 1.165) is 25.4 Å². The van der Waals surface area contributed by atoms with E-state index in [9.17, 15) is 0 Å². The zero-order valence-electron chi connectivity index (χ0n) is 16.0. The van der Waals surface area contributed by atoms with Gasteiger partial charge >= 0.3 is 0 Å². The molecule has 1 fully saturated rings. The van der Waals surface area contributed by atoms with Crippen LogP contribution in [0.2, 0.25) is 0 Å². The molecule has 1 aromatic heterocycles. The molecule has 0 amide bonds. The fraction of sp³-hybridized carbons (Fsp3) is 0.409. The van der Waals surface area contributed by atoms with Crippen molar-refractivity contribution in [1.82, 2.24) is 25.1 Å². The van der Waals surface area contributed by atoms with E-state index in [4.69, 9.17) is 0 Å². The van der Waals surface area contributed by atoms with Crippen LogP contribution in [0.5, 0.6) is 0 Å². The molecule has 0 N–H and O–H groups in total. The standard InChI is InChI=1S/C22H27N5/c1-18-3-2-14-26(18)15-12-19-4-8-21(9-5-19)22-10-6-20(7-11-22)13-16-27-17-23-24-25-27/h4-11,17-18H,2-3,12-16H2,1H3. The van der Waals surface area contributed by atoms with Crippen LogP contribution in [0.3, 0.4) is 0 Å². The summed E-state index contributed by atoms with van der Waals surface area (Å²) in [5.74, 6) is 0. The topological polar surface area (TPSA) is 46.8 Å². The molecule has 5 nitrogen and oxygen atoms in total. The average Bonchev–Trinajstić information content (AvgIpc) is 3.37. The minimum absolute atomic E-state index is 0.753. The number of nitrogens with zero attached hydrogens (tertiary/aromatic N) is 5. The van der Waals surface area contributed by atoms with Gasteiger partial charge in [-0.05, 0) is 71.8 Å². The molecule has 0 bridgehead atoms. The minimum atomic E-state index is 0.753. The molecule has 3 aromatic rings. The van der Waals surface area contributed by atoms with E-state index in [0.29, 0.717) is 0 Å². The lowest BCUT2D eigenvalue weighted by atomic mass is 10.0. The molecule has 0 radical (unpaired) electrons. The zero-order chi connectivity index (χ0) is 18.5. The fourth-order valence-electron chi connectivity index (χ4n) is 3.85. The molecule has 0 saturated carbocycles. The number of benzene rings is 2. The van der Waals surface area contributed by atoms with E-state index in [1.807, 2.05) is 0 Å². The summed E-state index contributed by atoms with van der Waals surface area (Å²) in [4.78, 5) is 2.61. The second kappa shape index (κ2) is 8.44. The van der Waals surface area contributed by atoms with Crippen LogP contribution < -0.4 is 0 Å². The van der Waals surface area contributed by atoms with Gasteiger partial charge in [0, 0.05) is 19.1 Å². The van der Waals surface area contributed by atoms with Crippen molar-refractivity contribution in [3.05, 3.63) is 66.0 Å². The number of aromatic nitrogens is 4. The SMILES string of the molecule is CC1CCCN1CCc1ccc(-c2ccc(CCn3cnnn3)cc2)cc1. The first-order valence-electron chi connectivity index (χ1n) is 9.91. The van der Waals surface area contributed by atoms with Crippen LogP contribution in [0.1, 0.15) is 30.9 Å². The molecular formula is C22H27N5. The number of hydrogen-bond donors (Lipinski definition) is 0. The van der Waals surface area contributed by atoms with Crippen LogP contribution in [0.25, 0.3) is 11.1 Å². The Morgan fingerprint density at radius 1 is 0.889 bits per heavy atom. The molecular weight excluding hydrogens is 334 g/mol. The van der Waals surface area contributed by atoms with Crippen LogP contribution >= 0.6 is 0 Å². The Hall–Kier alpha value is -2.53. The molecule has 1 atom stereocenters. The number of tetrazole rings is 1. The summed E-state index contributed by atoms with van der Waals surface area (Å²) in [7, 11) is 0. The van der Waals surface area contributed by atoms with Gasteiger partial charge in [0.25, 0.3) is 0 Å². The van der Waals surface area contributed by atoms with E-state index >= 15 is 0 Å². The van der Waals surface area contributed by atoms with Gasteiger partial charge in [-0.25, -0.2) is 4.68 Å². The van der Waals surface area contributed by atoms with E-state index in [-0.39, 0.29) is 0 Å². The van der Waals surface area contributed by atoms with Crippen molar-refractivity contribution < 1.29 is 0 Å². The van der Waals surface area contributed by atoms with Gasteiger partial charge in [0.1, 0.15) is 6.33 Å². The molecule has 5 heteroatoms. The predicted octanol–water partition coefficient (Wildman–Crippen LogP) is 3.61. The smallest absolute Gasteiger partial charge is 0.138 e. The van der Waals surface area contributed by atoms with E-state index in [1.165, 1.54) is 48.2 Å². The van der Waals surface area contributed by atoms with Crippen molar-refractivity contribution >= 4 is 0 Å². The molecule has 2 aromatic carbocycles. The van der Waals surface area contributed by atoms with Crippen LogP contribution in [0.15, 0.2) is 54.9 Å². The highest BCUT2D eigenvalue weighted by Gasteiger charge is 2.19. The fourth-order valence-corrected chi connectivity index (χ4v) is 3.85. The first-order chi connectivity index (χ1) is 13.3. The van der Waals surface area contributed by atoms with Gasteiger partial charge in [0.05, 0.1) is 0 Å². The van der Waals surface area contributed by atoms with Crippen molar-refractivity contribution in [3.63, 3.8) is 0 Å². The largest absolute Gasteiger partial charge is 0.300 e. The first-order valence-corrected chi connectivity index (χ1v) is 9.91. The summed E-state index contributed by atoms with van der Waals surface area (Å²) in [6.07, 6.45) is 6.43. The highest BCUT2D eigenvalue weighted by molar-refractivity contribution is 5.64. The van der Waals surface area contributed by atoms with Crippen LogP contribution in [0.4, 0.5) is 0 Å². The summed E-state index contributed by atoms with van der Waals surface area (Å²) in [5, 5.41) is 11.2. The van der Waals surface area contributed by atoms with Crippen LogP contribution in [-0.4, -0.2) is 44.2 Å². The Morgan fingerprint density at radius 2 is 1.52 bits per heavy atom. The van der Waals surface area contributed by atoms with Gasteiger partial charge in [-0.15, -0.1) is 5.10 Å². The van der Waals surface area contributed by atoms with Crippen LogP contribution in [0, 0.1) is 0 Å². The van der Waals surface area contributed by atoms with Gasteiger partial charge in [-0.1, -0.05) is 48.5 Å². The van der Waals surface area contributed by atoms with Crippen molar-refractivity contribution in [2.24, 2.45) is 0 Å². The molecule has 2 heterocycles. The quantitative estimate of drug-likeness (QED) is 0.645. The Balaban J connectivity index is 1.32. The van der Waals surface area contributed by atoms with Gasteiger partial charge in [0.2, 0.25) is 0 Å². The molecule has 1 saturated heterocycles. The molecule has 140 valence electrons. The van der Waals surface area contributed by atoms with Gasteiger partial charge in [-0.2, -0.15) is 0 Å². The third kappa shape index (κ3) is 4.61.